The number of anilines is 2. The topological polar surface area (TPSA) is 55.1 Å². The molecule has 1 aromatic rings. The van der Waals surface area contributed by atoms with Crippen molar-refractivity contribution in [2.75, 3.05) is 16.8 Å². The Bertz CT molecular complexity index is 444. The monoisotopic (exact) mass is 254 g/mol. The minimum Gasteiger partial charge on any atom is -0.398 e. The van der Waals surface area contributed by atoms with Crippen molar-refractivity contribution in [1.29, 1.82) is 0 Å². The Labute approximate surface area is 104 Å². The third-order valence-electron chi connectivity index (χ3n) is 2.93. The maximum atomic E-state index is 13.6. The van der Waals surface area contributed by atoms with Gasteiger partial charge in [-0.3, -0.25) is 4.79 Å². The first-order valence-corrected chi connectivity index (χ1v) is 6.61. The molecule has 5 heteroatoms. The van der Waals surface area contributed by atoms with Crippen molar-refractivity contribution >= 4 is 29.0 Å². The van der Waals surface area contributed by atoms with Crippen LogP contribution in [0.15, 0.2) is 12.1 Å². The normalized spacial score (nSPS) is 19.3. The number of carbonyl (C=O) groups excluding carboxylic acids is 1. The zero-order valence-corrected chi connectivity index (χ0v) is 10.4. The molecule has 1 aliphatic heterocycles. The van der Waals surface area contributed by atoms with Gasteiger partial charge in [-0.15, -0.1) is 11.8 Å². The van der Waals surface area contributed by atoms with Crippen LogP contribution in [0.1, 0.15) is 18.4 Å². The molecule has 0 aromatic heterocycles. The molecule has 1 unspecified atom stereocenters. The predicted octanol–water partition coefficient (Wildman–Crippen LogP) is 2.55. The van der Waals surface area contributed by atoms with E-state index in [0.717, 1.165) is 18.6 Å². The van der Waals surface area contributed by atoms with Crippen LogP contribution in [-0.2, 0) is 4.79 Å². The Hall–Kier alpha value is -1.23. The summed E-state index contributed by atoms with van der Waals surface area (Å²) in [5.41, 5.74) is 6.98. The Morgan fingerprint density at radius 2 is 2.35 bits per heavy atom. The minimum absolute atomic E-state index is 0.0600. The lowest BCUT2D eigenvalue weighted by atomic mass is 10.1. The molecule has 1 fully saturated rings. The number of halogens is 1. The molecular formula is C12H15FN2OS. The Balaban J connectivity index is 2.17. The smallest absolute Gasteiger partial charge is 0.237 e. The molecule has 92 valence electrons. The first-order chi connectivity index (χ1) is 8.09. The SMILES string of the molecule is Cc1c(N)ccc(F)c1NC(=O)C1CCCS1. The van der Waals surface area contributed by atoms with Gasteiger partial charge in [0.15, 0.2) is 0 Å². The summed E-state index contributed by atoms with van der Waals surface area (Å²) in [6.45, 7) is 1.70. The van der Waals surface area contributed by atoms with E-state index in [-0.39, 0.29) is 16.8 Å². The molecule has 17 heavy (non-hydrogen) atoms. The Morgan fingerprint density at radius 3 is 3.00 bits per heavy atom. The van der Waals surface area contributed by atoms with Crippen LogP contribution in [0.4, 0.5) is 15.8 Å². The van der Waals surface area contributed by atoms with Crippen LogP contribution in [0.5, 0.6) is 0 Å². The second kappa shape index (κ2) is 4.96. The highest BCUT2D eigenvalue weighted by molar-refractivity contribution is 8.00. The lowest BCUT2D eigenvalue weighted by Gasteiger charge is -2.14. The molecule has 3 N–H and O–H groups in total. The van der Waals surface area contributed by atoms with Gasteiger partial charge in [0.05, 0.1) is 10.9 Å². The standard InChI is InChI=1S/C12H15FN2OS/c1-7-9(14)5-4-8(13)11(7)15-12(16)10-3-2-6-17-10/h4-5,10H,2-3,6,14H2,1H3,(H,15,16). The Kier molecular flexibility index (Phi) is 3.57. The summed E-state index contributed by atoms with van der Waals surface area (Å²) >= 11 is 1.62. The van der Waals surface area contributed by atoms with Crippen molar-refractivity contribution in [3.8, 4) is 0 Å². The van der Waals surface area contributed by atoms with E-state index in [1.54, 1.807) is 18.7 Å². The third kappa shape index (κ3) is 2.54. The molecule has 1 aliphatic rings. The van der Waals surface area contributed by atoms with E-state index in [2.05, 4.69) is 5.32 Å². The van der Waals surface area contributed by atoms with E-state index in [1.165, 1.54) is 12.1 Å². The largest absolute Gasteiger partial charge is 0.398 e. The molecule has 1 saturated heterocycles. The van der Waals surface area contributed by atoms with E-state index in [9.17, 15) is 9.18 Å². The molecule has 1 atom stereocenters. The average Bonchev–Trinajstić information content (AvgIpc) is 2.83. The first kappa shape index (κ1) is 12.2. The third-order valence-corrected chi connectivity index (χ3v) is 4.30. The number of hydrogen-bond donors (Lipinski definition) is 2. The number of carbonyl (C=O) groups is 1. The van der Waals surface area contributed by atoms with Gasteiger partial charge in [-0.1, -0.05) is 0 Å². The number of hydrogen-bond acceptors (Lipinski definition) is 3. The van der Waals surface area contributed by atoms with E-state index < -0.39 is 5.82 Å². The van der Waals surface area contributed by atoms with E-state index >= 15 is 0 Å². The van der Waals surface area contributed by atoms with Crippen molar-refractivity contribution in [2.24, 2.45) is 0 Å². The molecule has 1 heterocycles. The maximum Gasteiger partial charge on any atom is 0.237 e. The lowest BCUT2D eigenvalue weighted by Crippen LogP contribution is -2.24. The highest BCUT2D eigenvalue weighted by Gasteiger charge is 2.24. The number of nitrogens with two attached hydrogens (primary N) is 1. The molecule has 0 saturated carbocycles. The highest BCUT2D eigenvalue weighted by Crippen LogP contribution is 2.29. The van der Waals surface area contributed by atoms with Gasteiger partial charge < -0.3 is 11.1 Å². The number of thioether (sulfide) groups is 1. The van der Waals surface area contributed by atoms with E-state index in [4.69, 9.17) is 5.73 Å². The van der Waals surface area contributed by atoms with Crippen LogP contribution in [0, 0.1) is 12.7 Å². The molecule has 2 rings (SSSR count). The average molecular weight is 254 g/mol. The van der Waals surface area contributed by atoms with Gasteiger partial charge in [-0.2, -0.15) is 0 Å². The maximum absolute atomic E-state index is 13.6. The van der Waals surface area contributed by atoms with Crippen LogP contribution < -0.4 is 11.1 Å². The van der Waals surface area contributed by atoms with Crippen molar-refractivity contribution in [1.82, 2.24) is 0 Å². The van der Waals surface area contributed by atoms with Crippen LogP contribution in [0.3, 0.4) is 0 Å². The summed E-state index contributed by atoms with van der Waals surface area (Å²) in [7, 11) is 0. The summed E-state index contributed by atoms with van der Waals surface area (Å²) in [4.78, 5) is 11.9. The van der Waals surface area contributed by atoms with Gasteiger partial charge in [-0.25, -0.2) is 4.39 Å². The quantitative estimate of drug-likeness (QED) is 0.797. The summed E-state index contributed by atoms with van der Waals surface area (Å²) in [5.74, 6) is 0.435. The van der Waals surface area contributed by atoms with Gasteiger partial charge >= 0.3 is 0 Å². The number of nitrogen functional groups attached to an aromatic ring is 1. The summed E-state index contributed by atoms with van der Waals surface area (Å²) in [5, 5.41) is 2.59. The molecular weight excluding hydrogens is 239 g/mol. The van der Waals surface area contributed by atoms with Gasteiger partial charge in [0.25, 0.3) is 0 Å². The van der Waals surface area contributed by atoms with Crippen molar-refractivity contribution in [2.45, 2.75) is 25.0 Å². The van der Waals surface area contributed by atoms with E-state index in [0.29, 0.717) is 11.3 Å². The first-order valence-electron chi connectivity index (χ1n) is 5.56. The molecule has 1 amide bonds. The van der Waals surface area contributed by atoms with E-state index in [1.807, 2.05) is 0 Å². The Morgan fingerprint density at radius 1 is 1.59 bits per heavy atom. The number of rotatable bonds is 2. The molecule has 1 aromatic carbocycles. The summed E-state index contributed by atoms with van der Waals surface area (Å²) < 4.78 is 13.6. The van der Waals surface area contributed by atoms with Gasteiger partial charge in [-0.05, 0) is 43.2 Å². The zero-order valence-electron chi connectivity index (χ0n) is 9.63. The molecule has 0 spiro atoms. The number of benzene rings is 1. The van der Waals surface area contributed by atoms with Gasteiger partial charge in [0, 0.05) is 5.69 Å². The van der Waals surface area contributed by atoms with Gasteiger partial charge in [0.1, 0.15) is 5.82 Å². The van der Waals surface area contributed by atoms with Crippen LogP contribution >= 0.6 is 11.8 Å². The van der Waals surface area contributed by atoms with Crippen molar-refractivity contribution in [3.63, 3.8) is 0 Å². The summed E-state index contributed by atoms with van der Waals surface area (Å²) in [6, 6.07) is 2.78. The minimum atomic E-state index is -0.437. The fourth-order valence-corrected chi connectivity index (χ4v) is 3.00. The number of nitrogens with one attached hydrogen (secondary N) is 1. The van der Waals surface area contributed by atoms with Crippen LogP contribution in [0.2, 0.25) is 0 Å². The van der Waals surface area contributed by atoms with Crippen molar-refractivity contribution in [3.05, 3.63) is 23.5 Å². The molecule has 3 nitrogen and oxygen atoms in total. The fourth-order valence-electron chi connectivity index (χ4n) is 1.84. The molecule has 0 radical (unpaired) electrons. The van der Waals surface area contributed by atoms with Crippen LogP contribution in [-0.4, -0.2) is 16.9 Å². The summed E-state index contributed by atoms with van der Waals surface area (Å²) in [6.07, 6.45) is 1.90. The fraction of sp³-hybridized carbons (Fsp3) is 0.417. The van der Waals surface area contributed by atoms with Crippen LogP contribution in [0.25, 0.3) is 0 Å². The number of amides is 1. The molecule has 0 aliphatic carbocycles. The van der Waals surface area contributed by atoms with Crippen molar-refractivity contribution < 1.29 is 9.18 Å². The second-order valence-electron chi connectivity index (χ2n) is 4.13. The highest BCUT2D eigenvalue weighted by atomic mass is 32.2. The molecule has 0 bridgehead atoms. The lowest BCUT2D eigenvalue weighted by molar-refractivity contribution is -0.115. The zero-order chi connectivity index (χ0) is 12.4. The second-order valence-corrected chi connectivity index (χ2v) is 5.44. The predicted molar refractivity (Wildman–Crippen MR) is 69.7 cm³/mol. The van der Waals surface area contributed by atoms with Gasteiger partial charge in [0.2, 0.25) is 5.91 Å².